The molecule has 0 fully saturated rings. The molecule has 0 rings (SSSR count). The molecule has 0 spiro atoms. The maximum absolute atomic E-state index is 10.7. The highest BCUT2D eigenvalue weighted by molar-refractivity contribution is 5.71. The zero-order valence-electron chi connectivity index (χ0n) is 8.50. The normalized spacial score (nSPS) is 14.3. The van der Waals surface area contributed by atoms with Gasteiger partial charge in [-0.15, -0.1) is 0 Å². The van der Waals surface area contributed by atoms with Crippen LogP contribution in [0.2, 0.25) is 0 Å². The van der Waals surface area contributed by atoms with E-state index in [-0.39, 0.29) is 6.04 Å². The number of nitrogens with zero attached hydrogens (tertiary/aromatic N) is 1. The van der Waals surface area contributed by atoms with Crippen LogP contribution in [0, 0.1) is 0 Å². The first-order valence-electron chi connectivity index (χ1n) is 4.47. The molecule has 3 heteroatoms. The average Bonchev–Trinajstić information content (AvgIpc) is 1.99. The van der Waals surface area contributed by atoms with Crippen molar-refractivity contribution in [2.24, 2.45) is 0 Å². The molecule has 0 saturated heterocycles. The van der Waals surface area contributed by atoms with Crippen LogP contribution in [0.1, 0.15) is 26.7 Å². The van der Waals surface area contributed by atoms with Crippen molar-refractivity contribution in [3.8, 4) is 0 Å². The van der Waals surface area contributed by atoms with Gasteiger partial charge in [0, 0.05) is 0 Å². The highest BCUT2D eigenvalue weighted by Crippen LogP contribution is 2.08. The van der Waals surface area contributed by atoms with Crippen molar-refractivity contribution in [2.75, 3.05) is 20.6 Å². The molecule has 0 amide bonds. The fourth-order valence-corrected chi connectivity index (χ4v) is 1.06. The minimum absolute atomic E-state index is 0.309. The molecule has 0 aliphatic carbocycles. The first kappa shape index (κ1) is 11.4. The minimum atomic E-state index is -0.712. The van der Waals surface area contributed by atoms with Crippen LogP contribution in [0.15, 0.2) is 0 Å². The molecule has 0 radical (unpaired) electrons. The molecule has 3 nitrogen and oxygen atoms in total. The van der Waals surface area contributed by atoms with Gasteiger partial charge in [0.25, 0.3) is 0 Å². The molecule has 1 N–H and O–H groups in total. The van der Waals surface area contributed by atoms with Gasteiger partial charge in [0.05, 0.1) is 20.6 Å². The van der Waals surface area contributed by atoms with E-state index >= 15 is 0 Å². The third kappa shape index (κ3) is 3.22. The molecule has 0 aliphatic rings. The van der Waals surface area contributed by atoms with Crippen molar-refractivity contribution in [2.45, 2.75) is 32.7 Å². The minimum Gasteiger partial charge on any atom is -0.477 e. The Hall–Kier alpha value is -0.570. The molecule has 0 heterocycles. The van der Waals surface area contributed by atoms with E-state index in [9.17, 15) is 4.79 Å². The van der Waals surface area contributed by atoms with Gasteiger partial charge >= 0.3 is 5.97 Å². The molecular weight excluding hydrogens is 154 g/mol. The summed E-state index contributed by atoms with van der Waals surface area (Å²) in [5, 5.41) is 8.80. The standard InChI is InChI=1S/C9H19NO2/c1-5-6-7-10(3,4)8(2)9(11)12/h8H,5-7H2,1-4H3/p+1/t8-/m0/s1. The summed E-state index contributed by atoms with van der Waals surface area (Å²) in [6.07, 6.45) is 2.21. The largest absolute Gasteiger partial charge is 0.477 e. The molecule has 0 aromatic carbocycles. The van der Waals surface area contributed by atoms with E-state index in [1.165, 1.54) is 0 Å². The fraction of sp³-hybridized carbons (Fsp3) is 0.889. The number of hydrogen-bond donors (Lipinski definition) is 1. The van der Waals surface area contributed by atoms with Gasteiger partial charge in [-0.1, -0.05) is 13.3 Å². The average molecular weight is 174 g/mol. The maximum atomic E-state index is 10.7. The molecule has 0 bridgehead atoms. The Labute approximate surface area is 74.6 Å². The van der Waals surface area contributed by atoms with Gasteiger partial charge < -0.3 is 9.59 Å². The summed E-state index contributed by atoms with van der Waals surface area (Å²) in [4.78, 5) is 10.7. The zero-order chi connectivity index (χ0) is 9.78. The lowest BCUT2D eigenvalue weighted by Gasteiger charge is -2.33. The lowest BCUT2D eigenvalue weighted by atomic mass is 10.2. The van der Waals surface area contributed by atoms with Crippen LogP contribution < -0.4 is 0 Å². The van der Waals surface area contributed by atoms with E-state index in [0.717, 1.165) is 19.4 Å². The van der Waals surface area contributed by atoms with Crippen molar-refractivity contribution in [3.63, 3.8) is 0 Å². The summed E-state index contributed by atoms with van der Waals surface area (Å²) in [6, 6.07) is -0.309. The van der Waals surface area contributed by atoms with Gasteiger partial charge in [0.1, 0.15) is 0 Å². The molecule has 0 unspecified atom stereocenters. The molecule has 0 aromatic rings. The Morgan fingerprint density at radius 3 is 2.33 bits per heavy atom. The number of quaternary nitrogens is 1. The molecule has 0 aliphatic heterocycles. The molecule has 1 atom stereocenters. The molecule has 0 aromatic heterocycles. The summed E-state index contributed by atoms with van der Waals surface area (Å²) in [5.41, 5.74) is 0. The molecule has 72 valence electrons. The van der Waals surface area contributed by atoms with Gasteiger partial charge in [0.2, 0.25) is 0 Å². The van der Waals surface area contributed by atoms with Crippen molar-refractivity contribution < 1.29 is 14.4 Å². The number of carbonyl (C=O) groups is 1. The third-order valence-electron chi connectivity index (χ3n) is 2.49. The van der Waals surface area contributed by atoms with Crippen molar-refractivity contribution in [1.82, 2.24) is 0 Å². The number of carboxylic acids is 1. The summed E-state index contributed by atoms with van der Waals surface area (Å²) in [5.74, 6) is -0.712. The maximum Gasteiger partial charge on any atom is 0.362 e. The second kappa shape index (κ2) is 4.45. The van der Waals surface area contributed by atoms with Crippen LogP contribution >= 0.6 is 0 Å². The number of unbranched alkanes of at least 4 members (excludes halogenated alkanes) is 1. The Morgan fingerprint density at radius 2 is 2.00 bits per heavy atom. The van der Waals surface area contributed by atoms with E-state index in [0.29, 0.717) is 4.48 Å². The Morgan fingerprint density at radius 1 is 1.50 bits per heavy atom. The lowest BCUT2D eigenvalue weighted by molar-refractivity contribution is -0.904. The number of rotatable bonds is 5. The molecule has 0 saturated carbocycles. The lowest BCUT2D eigenvalue weighted by Crippen LogP contribution is -2.51. The smallest absolute Gasteiger partial charge is 0.362 e. The van der Waals surface area contributed by atoms with Crippen molar-refractivity contribution in [1.29, 1.82) is 0 Å². The van der Waals surface area contributed by atoms with E-state index in [1.54, 1.807) is 6.92 Å². The van der Waals surface area contributed by atoms with Gasteiger partial charge in [-0.25, -0.2) is 4.79 Å². The van der Waals surface area contributed by atoms with E-state index in [1.807, 2.05) is 14.1 Å². The summed E-state index contributed by atoms with van der Waals surface area (Å²) >= 11 is 0. The van der Waals surface area contributed by atoms with Gasteiger partial charge in [-0.2, -0.15) is 0 Å². The zero-order valence-corrected chi connectivity index (χ0v) is 8.50. The predicted molar refractivity (Wildman–Crippen MR) is 49.0 cm³/mol. The van der Waals surface area contributed by atoms with E-state index < -0.39 is 5.97 Å². The topological polar surface area (TPSA) is 37.3 Å². The SMILES string of the molecule is CCCC[N+](C)(C)[C@@H](C)C(=O)O. The van der Waals surface area contributed by atoms with Crippen LogP contribution in [0.3, 0.4) is 0 Å². The second-order valence-electron chi connectivity index (χ2n) is 3.87. The highest BCUT2D eigenvalue weighted by atomic mass is 16.4. The van der Waals surface area contributed by atoms with Crippen LogP contribution in [0.25, 0.3) is 0 Å². The van der Waals surface area contributed by atoms with Crippen LogP contribution in [-0.4, -0.2) is 42.2 Å². The third-order valence-corrected chi connectivity index (χ3v) is 2.49. The van der Waals surface area contributed by atoms with Crippen LogP contribution in [0.5, 0.6) is 0 Å². The van der Waals surface area contributed by atoms with Gasteiger partial charge in [-0.05, 0) is 13.3 Å². The van der Waals surface area contributed by atoms with Crippen molar-refractivity contribution >= 4 is 5.97 Å². The number of likely N-dealkylation sites (N-methyl/N-ethyl adjacent to an activating group) is 1. The van der Waals surface area contributed by atoms with Gasteiger partial charge in [0.15, 0.2) is 6.04 Å². The summed E-state index contributed by atoms with van der Waals surface area (Å²) in [7, 11) is 3.93. The first-order valence-corrected chi connectivity index (χ1v) is 4.47. The number of carboxylic acid groups (broad SMARTS) is 1. The molecule has 12 heavy (non-hydrogen) atoms. The van der Waals surface area contributed by atoms with E-state index in [4.69, 9.17) is 5.11 Å². The summed E-state index contributed by atoms with van der Waals surface area (Å²) < 4.78 is 0.573. The Kier molecular flexibility index (Phi) is 4.24. The Balaban J connectivity index is 4.08. The number of hydrogen-bond acceptors (Lipinski definition) is 1. The molecular formula is C9H20NO2+. The first-order chi connectivity index (χ1) is 5.41. The highest BCUT2D eigenvalue weighted by Gasteiger charge is 2.29. The van der Waals surface area contributed by atoms with E-state index in [2.05, 4.69) is 6.92 Å². The Bertz CT molecular complexity index is 155. The predicted octanol–water partition coefficient (Wildman–Crippen LogP) is 1.34. The number of aliphatic carboxylic acids is 1. The summed E-state index contributed by atoms with van der Waals surface area (Å²) in [6.45, 7) is 4.81. The quantitative estimate of drug-likeness (QED) is 0.638. The van der Waals surface area contributed by atoms with Crippen LogP contribution in [0.4, 0.5) is 0 Å². The van der Waals surface area contributed by atoms with Crippen LogP contribution in [-0.2, 0) is 4.79 Å². The van der Waals surface area contributed by atoms with Crippen molar-refractivity contribution in [3.05, 3.63) is 0 Å². The monoisotopic (exact) mass is 174 g/mol. The van der Waals surface area contributed by atoms with Gasteiger partial charge in [-0.3, -0.25) is 0 Å². The second-order valence-corrected chi connectivity index (χ2v) is 3.87. The fourth-order valence-electron chi connectivity index (χ4n) is 1.06.